The van der Waals surface area contributed by atoms with Crippen LogP contribution in [0.2, 0.25) is 0 Å². The quantitative estimate of drug-likeness (QED) is 0.0945. The van der Waals surface area contributed by atoms with Crippen LogP contribution in [0.4, 0.5) is 8.78 Å². The standard InChI is InChI=1S/C37H29F2O9P/c38-37(39)33(45-35(41)29-23-21-27(22-24-29)26-13-5-1-6-14-26)32(25-43-34(40)28-15-7-2-8-16-28)44-36(37)48-49(42,46-30-17-9-3-10-18-30)47-31-19-11-4-12-20-31/h1-24,32-33,36H,25H2/t32-,33-,36+/m1/s1. The van der Waals surface area contributed by atoms with Crippen LogP contribution < -0.4 is 9.05 Å². The normalized spacial score (nSPS) is 18.3. The van der Waals surface area contributed by atoms with Gasteiger partial charge in [-0.2, -0.15) is 8.78 Å². The fourth-order valence-corrected chi connectivity index (χ4v) is 6.21. The number of phosphoric acid groups is 1. The molecule has 0 aromatic heterocycles. The Hall–Kier alpha value is -5.35. The molecule has 0 bridgehead atoms. The third-order valence-electron chi connectivity index (χ3n) is 7.33. The fourth-order valence-electron chi connectivity index (χ4n) is 4.91. The molecule has 1 saturated heterocycles. The van der Waals surface area contributed by atoms with Crippen LogP contribution in [0, 0.1) is 0 Å². The number of benzene rings is 5. The lowest BCUT2D eigenvalue weighted by molar-refractivity contribution is -0.190. The van der Waals surface area contributed by atoms with Gasteiger partial charge in [0.2, 0.25) is 12.4 Å². The molecule has 9 nitrogen and oxygen atoms in total. The van der Waals surface area contributed by atoms with Crippen LogP contribution in [-0.4, -0.2) is 43.0 Å². The number of hydrogen-bond donors (Lipinski definition) is 0. The largest absolute Gasteiger partial charge is 0.590 e. The van der Waals surface area contributed by atoms with Gasteiger partial charge in [0.05, 0.1) is 11.1 Å². The first kappa shape index (κ1) is 33.5. The van der Waals surface area contributed by atoms with Gasteiger partial charge in [-0.3, -0.25) is 0 Å². The predicted octanol–water partition coefficient (Wildman–Crippen LogP) is 8.38. The van der Waals surface area contributed by atoms with Crippen LogP contribution in [0.15, 0.2) is 146 Å². The van der Waals surface area contributed by atoms with E-state index in [1.165, 1.54) is 48.5 Å². The van der Waals surface area contributed by atoms with E-state index in [9.17, 15) is 14.2 Å². The fraction of sp³-hybridized carbons (Fsp3) is 0.135. The van der Waals surface area contributed by atoms with Gasteiger partial charge < -0.3 is 23.3 Å². The van der Waals surface area contributed by atoms with E-state index in [4.69, 9.17) is 27.8 Å². The highest BCUT2D eigenvalue weighted by Crippen LogP contribution is 2.54. The van der Waals surface area contributed by atoms with Gasteiger partial charge in [0, 0.05) is 0 Å². The predicted molar refractivity (Wildman–Crippen MR) is 174 cm³/mol. The summed E-state index contributed by atoms with van der Waals surface area (Å²) in [5.74, 6) is -6.07. The van der Waals surface area contributed by atoms with Crippen LogP contribution in [-0.2, 0) is 23.3 Å². The Labute approximate surface area is 280 Å². The van der Waals surface area contributed by atoms with E-state index in [2.05, 4.69) is 0 Å². The van der Waals surface area contributed by atoms with E-state index < -0.39 is 50.8 Å². The highest BCUT2D eigenvalue weighted by molar-refractivity contribution is 7.49. The molecule has 1 aliphatic rings. The Kier molecular flexibility index (Phi) is 10.1. The van der Waals surface area contributed by atoms with Gasteiger partial charge in [0.15, 0.2) is 0 Å². The molecule has 0 saturated carbocycles. The highest BCUT2D eigenvalue weighted by atomic mass is 31.2. The number of alkyl halides is 2. The van der Waals surface area contributed by atoms with Crippen molar-refractivity contribution in [1.82, 2.24) is 0 Å². The molecule has 1 aliphatic heterocycles. The molecule has 5 aromatic carbocycles. The molecule has 0 unspecified atom stereocenters. The molecule has 12 heteroatoms. The van der Waals surface area contributed by atoms with Crippen LogP contribution >= 0.6 is 7.82 Å². The van der Waals surface area contributed by atoms with Crippen molar-refractivity contribution in [2.24, 2.45) is 0 Å². The molecule has 3 atom stereocenters. The third kappa shape index (κ3) is 8.21. The van der Waals surface area contributed by atoms with E-state index in [-0.39, 0.29) is 22.6 Å². The van der Waals surface area contributed by atoms with Gasteiger partial charge in [-0.15, -0.1) is 0 Å². The zero-order chi connectivity index (χ0) is 34.3. The maximum Gasteiger partial charge on any atom is 0.590 e. The van der Waals surface area contributed by atoms with Crippen molar-refractivity contribution in [3.63, 3.8) is 0 Å². The van der Waals surface area contributed by atoms with Gasteiger partial charge in [-0.05, 0) is 59.7 Å². The van der Waals surface area contributed by atoms with Crippen molar-refractivity contribution in [3.05, 3.63) is 157 Å². The van der Waals surface area contributed by atoms with Crippen LogP contribution in [0.1, 0.15) is 20.7 Å². The lowest BCUT2D eigenvalue weighted by Crippen LogP contribution is -2.45. The monoisotopic (exact) mass is 686 g/mol. The number of carbonyl (C=O) groups is 2. The summed E-state index contributed by atoms with van der Waals surface area (Å²) >= 11 is 0. The molecule has 6 rings (SSSR count). The summed E-state index contributed by atoms with van der Waals surface area (Å²) < 4.78 is 78.9. The SMILES string of the molecule is O=C(OC[C@H]1O[C@@H](OP(=O)(Oc2ccccc2)Oc2ccccc2)C(F)(F)[C@@H]1OC(=O)c1ccc(-c2ccccc2)cc1)c1ccccc1. The number of phosphoric ester groups is 1. The molecule has 0 N–H and O–H groups in total. The van der Waals surface area contributed by atoms with E-state index in [0.29, 0.717) is 0 Å². The number of rotatable bonds is 12. The zero-order valence-corrected chi connectivity index (χ0v) is 26.6. The maximum atomic E-state index is 16.2. The topological polar surface area (TPSA) is 107 Å². The van der Waals surface area contributed by atoms with E-state index >= 15 is 8.78 Å². The minimum atomic E-state index is -4.91. The summed E-state index contributed by atoms with van der Waals surface area (Å²) in [6.07, 6.45) is -6.71. The van der Waals surface area contributed by atoms with Crippen molar-refractivity contribution < 1.29 is 50.7 Å². The Morgan fingerprint density at radius 2 is 1.10 bits per heavy atom. The van der Waals surface area contributed by atoms with E-state index in [0.717, 1.165) is 11.1 Å². The molecule has 0 spiro atoms. The van der Waals surface area contributed by atoms with Gasteiger partial charge in [-0.1, -0.05) is 97.1 Å². The number of para-hydroxylation sites is 2. The smallest absolute Gasteiger partial charge is 0.459 e. The number of carbonyl (C=O) groups excluding carboxylic acids is 2. The first-order valence-electron chi connectivity index (χ1n) is 15.1. The van der Waals surface area contributed by atoms with Gasteiger partial charge in [-0.25, -0.2) is 18.7 Å². The highest BCUT2D eigenvalue weighted by Gasteiger charge is 2.65. The number of halogens is 2. The van der Waals surface area contributed by atoms with Gasteiger partial charge in [0.1, 0.15) is 24.2 Å². The van der Waals surface area contributed by atoms with Crippen molar-refractivity contribution in [3.8, 4) is 22.6 Å². The van der Waals surface area contributed by atoms with Gasteiger partial charge >= 0.3 is 25.7 Å². The molecule has 5 aromatic rings. The van der Waals surface area contributed by atoms with Crippen molar-refractivity contribution >= 4 is 19.8 Å². The van der Waals surface area contributed by atoms with Crippen LogP contribution in [0.5, 0.6) is 11.5 Å². The van der Waals surface area contributed by atoms with Crippen molar-refractivity contribution in [1.29, 1.82) is 0 Å². The molecule has 49 heavy (non-hydrogen) atoms. The summed E-state index contributed by atoms with van der Waals surface area (Å²) in [5.41, 5.74) is 1.81. The van der Waals surface area contributed by atoms with E-state index in [1.807, 2.05) is 30.3 Å². The van der Waals surface area contributed by atoms with Gasteiger partial charge in [0.25, 0.3) is 0 Å². The molecule has 250 valence electrons. The summed E-state index contributed by atoms with van der Waals surface area (Å²) in [6.45, 7) is -0.766. The number of ether oxygens (including phenoxy) is 3. The maximum absolute atomic E-state index is 16.2. The third-order valence-corrected chi connectivity index (χ3v) is 8.64. The number of hydrogen-bond acceptors (Lipinski definition) is 9. The first-order chi connectivity index (χ1) is 23.7. The minimum absolute atomic E-state index is 0.00153. The minimum Gasteiger partial charge on any atom is -0.459 e. The van der Waals surface area contributed by atoms with Crippen LogP contribution in [0.3, 0.4) is 0 Å². The Bertz CT molecular complexity index is 1850. The second-order valence-electron chi connectivity index (χ2n) is 10.8. The van der Waals surface area contributed by atoms with Crippen LogP contribution in [0.25, 0.3) is 11.1 Å². The van der Waals surface area contributed by atoms with Crippen molar-refractivity contribution in [2.45, 2.75) is 24.4 Å². The second-order valence-corrected chi connectivity index (χ2v) is 12.2. The van der Waals surface area contributed by atoms with Crippen molar-refractivity contribution in [2.75, 3.05) is 6.61 Å². The Morgan fingerprint density at radius 1 is 0.633 bits per heavy atom. The Morgan fingerprint density at radius 3 is 1.65 bits per heavy atom. The van der Waals surface area contributed by atoms with E-state index in [1.54, 1.807) is 66.7 Å². The molecular formula is C37H29F2O9P. The summed E-state index contributed by atoms with van der Waals surface area (Å²) in [7, 11) is -4.91. The average Bonchev–Trinajstić information content (AvgIpc) is 3.35. The second kappa shape index (κ2) is 14.8. The summed E-state index contributed by atoms with van der Waals surface area (Å²) in [5, 5.41) is 0. The summed E-state index contributed by atoms with van der Waals surface area (Å²) in [4.78, 5) is 25.9. The molecule has 1 heterocycles. The molecule has 0 radical (unpaired) electrons. The number of esters is 2. The Balaban J connectivity index is 1.26. The summed E-state index contributed by atoms with van der Waals surface area (Å²) in [6, 6.07) is 38.7. The zero-order valence-electron chi connectivity index (χ0n) is 25.7. The molecule has 1 fully saturated rings. The lowest BCUT2D eigenvalue weighted by atomic mass is 10.0. The molecular weight excluding hydrogens is 657 g/mol. The molecule has 0 aliphatic carbocycles. The first-order valence-corrected chi connectivity index (χ1v) is 16.6. The molecule has 0 amide bonds. The lowest BCUT2D eigenvalue weighted by Gasteiger charge is -2.26. The average molecular weight is 687 g/mol.